The van der Waals surface area contributed by atoms with E-state index in [1.807, 2.05) is 14.0 Å². The van der Waals surface area contributed by atoms with Gasteiger partial charge in [-0.05, 0) is 45.7 Å². The molecule has 2 fully saturated rings. The smallest absolute Gasteiger partial charge is 0.313 e. The Labute approximate surface area is 113 Å². The third kappa shape index (κ3) is 3.43. The van der Waals surface area contributed by atoms with Crippen LogP contribution in [-0.2, 0) is 0 Å². The molecule has 0 aromatic carbocycles. The fourth-order valence-electron chi connectivity index (χ4n) is 3.46. The van der Waals surface area contributed by atoms with Crippen molar-refractivity contribution in [2.45, 2.75) is 69.8 Å². The van der Waals surface area contributed by atoms with Gasteiger partial charge >= 0.3 is 6.18 Å². The summed E-state index contributed by atoms with van der Waals surface area (Å²) in [7, 11) is 2.01. The van der Waals surface area contributed by atoms with Crippen molar-refractivity contribution in [3.63, 3.8) is 0 Å². The molecule has 2 rings (SSSR count). The summed E-state index contributed by atoms with van der Waals surface area (Å²) in [5.41, 5.74) is 0. The van der Waals surface area contributed by atoms with E-state index in [2.05, 4.69) is 10.2 Å². The van der Waals surface area contributed by atoms with Crippen LogP contribution >= 0.6 is 0 Å². The van der Waals surface area contributed by atoms with Crippen molar-refractivity contribution < 1.29 is 13.2 Å². The van der Waals surface area contributed by atoms with Gasteiger partial charge in [-0.25, -0.2) is 0 Å². The van der Waals surface area contributed by atoms with Crippen molar-refractivity contribution in [2.75, 3.05) is 13.6 Å². The highest BCUT2D eigenvalue weighted by molar-refractivity contribution is 4.95. The monoisotopic (exact) mass is 278 g/mol. The van der Waals surface area contributed by atoms with E-state index in [0.717, 1.165) is 19.4 Å². The summed E-state index contributed by atoms with van der Waals surface area (Å²) in [5, 5.41) is 3.38. The maximum atomic E-state index is 12.9. The predicted octanol–water partition coefficient (Wildman–Crippen LogP) is 3.18. The standard InChI is InChI=1S/C14H25F3N2/c1-3-18-12-8-7-10(14(15,16)17)9-13(12)19(2)11-5-4-6-11/h10-13,18H,3-9H2,1-2H3/t10-,12-,13-/m0/s1. The summed E-state index contributed by atoms with van der Waals surface area (Å²) >= 11 is 0. The minimum absolute atomic E-state index is 0.0330. The first kappa shape index (κ1) is 15.1. The molecule has 2 nitrogen and oxygen atoms in total. The van der Waals surface area contributed by atoms with Crippen LogP contribution in [0.2, 0.25) is 0 Å². The van der Waals surface area contributed by atoms with Gasteiger partial charge in [0.25, 0.3) is 0 Å². The largest absolute Gasteiger partial charge is 0.391 e. The van der Waals surface area contributed by atoms with Gasteiger partial charge in [-0.2, -0.15) is 13.2 Å². The zero-order chi connectivity index (χ0) is 14.0. The average Bonchev–Trinajstić information content (AvgIpc) is 2.26. The summed E-state index contributed by atoms with van der Waals surface area (Å²) in [6.45, 7) is 2.85. The van der Waals surface area contributed by atoms with Gasteiger partial charge in [-0.1, -0.05) is 13.3 Å². The van der Waals surface area contributed by atoms with Crippen LogP contribution in [0.3, 0.4) is 0 Å². The van der Waals surface area contributed by atoms with E-state index < -0.39 is 12.1 Å². The number of rotatable bonds is 4. The maximum Gasteiger partial charge on any atom is 0.391 e. The van der Waals surface area contributed by atoms with Gasteiger partial charge < -0.3 is 5.32 Å². The van der Waals surface area contributed by atoms with Gasteiger partial charge in [-0.3, -0.25) is 4.90 Å². The molecule has 0 aromatic rings. The van der Waals surface area contributed by atoms with E-state index in [0.29, 0.717) is 12.5 Å². The molecule has 112 valence electrons. The average molecular weight is 278 g/mol. The van der Waals surface area contributed by atoms with Crippen LogP contribution in [0.25, 0.3) is 0 Å². The lowest BCUT2D eigenvalue weighted by Crippen LogP contribution is -2.57. The zero-order valence-corrected chi connectivity index (χ0v) is 11.8. The first-order valence-electron chi connectivity index (χ1n) is 7.45. The number of nitrogens with one attached hydrogen (secondary N) is 1. The maximum absolute atomic E-state index is 12.9. The topological polar surface area (TPSA) is 15.3 Å². The van der Waals surface area contributed by atoms with Crippen molar-refractivity contribution in [3.05, 3.63) is 0 Å². The molecule has 0 radical (unpaired) electrons. The summed E-state index contributed by atoms with van der Waals surface area (Å²) < 4.78 is 38.8. The Morgan fingerprint density at radius 1 is 1.16 bits per heavy atom. The van der Waals surface area contributed by atoms with E-state index in [4.69, 9.17) is 0 Å². The second kappa shape index (κ2) is 6.00. The minimum atomic E-state index is -4.03. The summed E-state index contributed by atoms with van der Waals surface area (Å²) in [5.74, 6) is -1.12. The van der Waals surface area contributed by atoms with Crippen molar-refractivity contribution >= 4 is 0 Å². The van der Waals surface area contributed by atoms with Gasteiger partial charge in [0.2, 0.25) is 0 Å². The third-order valence-electron chi connectivity index (χ3n) is 4.92. The third-order valence-corrected chi connectivity index (χ3v) is 4.92. The molecule has 0 heterocycles. The number of alkyl halides is 3. The Morgan fingerprint density at radius 3 is 2.32 bits per heavy atom. The fraction of sp³-hybridized carbons (Fsp3) is 1.00. The van der Waals surface area contributed by atoms with Gasteiger partial charge in [0.15, 0.2) is 0 Å². The Hall–Kier alpha value is -0.290. The molecular formula is C14H25F3N2. The highest BCUT2D eigenvalue weighted by Gasteiger charge is 2.46. The van der Waals surface area contributed by atoms with Crippen molar-refractivity contribution in [1.82, 2.24) is 10.2 Å². The number of halogens is 3. The van der Waals surface area contributed by atoms with Gasteiger partial charge in [0, 0.05) is 18.1 Å². The molecule has 0 aliphatic heterocycles. The molecule has 2 aliphatic rings. The first-order valence-corrected chi connectivity index (χ1v) is 7.45. The van der Waals surface area contributed by atoms with Crippen LogP contribution in [-0.4, -0.2) is 42.8 Å². The van der Waals surface area contributed by atoms with Crippen molar-refractivity contribution in [2.24, 2.45) is 5.92 Å². The minimum Gasteiger partial charge on any atom is -0.313 e. The van der Waals surface area contributed by atoms with Crippen LogP contribution in [0.4, 0.5) is 13.2 Å². The van der Waals surface area contributed by atoms with Crippen LogP contribution in [0.1, 0.15) is 45.4 Å². The molecule has 1 N–H and O–H groups in total. The van der Waals surface area contributed by atoms with E-state index in [1.54, 1.807) is 0 Å². The van der Waals surface area contributed by atoms with E-state index in [9.17, 15) is 13.2 Å². The SMILES string of the molecule is CCN[C@H]1CC[C@H](C(F)(F)F)C[C@@H]1N(C)C1CCC1. The van der Waals surface area contributed by atoms with Gasteiger partial charge in [-0.15, -0.1) is 0 Å². The second-order valence-electron chi connectivity index (χ2n) is 6.03. The summed E-state index contributed by atoms with van der Waals surface area (Å²) in [6, 6.07) is 0.748. The number of likely N-dealkylation sites (N-methyl/N-ethyl adjacent to an activating group) is 2. The predicted molar refractivity (Wildman–Crippen MR) is 70.1 cm³/mol. The molecule has 5 heteroatoms. The number of hydrogen-bond acceptors (Lipinski definition) is 2. The lowest BCUT2D eigenvalue weighted by Gasteiger charge is -2.47. The Morgan fingerprint density at radius 2 is 1.84 bits per heavy atom. The summed E-state index contributed by atoms with van der Waals surface area (Å²) in [6.07, 6.45) is 0.640. The Balaban J connectivity index is 2.03. The number of nitrogens with zero attached hydrogens (tertiary/aromatic N) is 1. The van der Waals surface area contributed by atoms with Crippen molar-refractivity contribution in [3.8, 4) is 0 Å². The van der Waals surface area contributed by atoms with Crippen molar-refractivity contribution in [1.29, 1.82) is 0 Å². The Bertz CT molecular complexity index is 287. The molecule has 0 amide bonds. The van der Waals surface area contributed by atoms with Gasteiger partial charge in [0.1, 0.15) is 0 Å². The van der Waals surface area contributed by atoms with E-state index >= 15 is 0 Å². The van der Waals surface area contributed by atoms with E-state index in [1.165, 1.54) is 6.42 Å². The zero-order valence-electron chi connectivity index (χ0n) is 11.8. The molecule has 0 unspecified atom stereocenters. The fourth-order valence-corrected chi connectivity index (χ4v) is 3.46. The Kier molecular flexibility index (Phi) is 4.77. The molecule has 0 saturated heterocycles. The molecule has 2 saturated carbocycles. The normalized spacial score (nSPS) is 33.5. The summed E-state index contributed by atoms with van der Waals surface area (Å²) in [4.78, 5) is 2.22. The van der Waals surface area contributed by atoms with Crippen LogP contribution in [0, 0.1) is 5.92 Å². The lowest BCUT2D eigenvalue weighted by atomic mass is 9.79. The van der Waals surface area contributed by atoms with E-state index in [-0.39, 0.29) is 24.9 Å². The molecule has 19 heavy (non-hydrogen) atoms. The molecule has 3 atom stereocenters. The molecule has 0 bridgehead atoms. The van der Waals surface area contributed by atoms with Crippen LogP contribution < -0.4 is 5.32 Å². The first-order chi connectivity index (χ1) is 8.93. The van der Waals surface area contributed by atoms with Crippen LogP contribution in [0.5, 0.6) is 0 Å². The quantitative estimate of drug-likeness (QED) is 0.849. The highest BCUT2D eigenvalue weighted by atomic mass is 19.4. The second-order valence-corrected chi connectivity index (χ2v) is 6.03. The number of hydrogen-bond donors (Lipinski definition) is 1. The molecule has 0 aromatic heterocycles. The highest BCUT2D eigenvalue weighted by Crippen LogP contribution is 2.40. The molecular weight excluding hydrogens is 253 g/mol. The molecule has 2 aliphatic carbocycles. The van der Waals surface area contributed by atoms with Gasteiger partial charge in [0.05, 0.1) is 5.92 Å². The van der Waals surface area contributed by atoms with Crippen LogP contribution in [0.15, 0.2) is 0 Å². The lowest BCUT2D eigenvalue weighted by molar-refractivity contribution is -0.189. The molecule has 0 spiro atoms.